The molecule has 2 aromatic carbocycles. The molecule has 2 aromatic rings. The third-order valence-electron chi connectivity index (χ3n) is 4.19. The van der Waals surface area contributed by atoms with Crippen LogP contribution in [0.3, 0.4) is 0 Å². The molecule has 1 saturated heterocycles. The maximum absolute atomic E-state index is 13.8. The van der Waals surface area contributed by atoms with Crippen molar-refractivity contribution in [3.63, 3.8) is 0 Å². The third kappa shape index (κ3) is 4.23. The Morgan fingerprint density at radius 3 is 2.76 bits per heavy atom. The summed E-state index contributed by atoms with van der Waals surface area (Å²) in [6.07, 6.45) is 0.861. The Bertz CT molecular complexity index is 779. The van der Waals surface area contributed by atoms with Crippen LogP contribution in [0.2, 0.25) is 0 Å². The number of guanidine groups is 1. The van der Waals surface area contributed by atoms with Gasteiger partial charge in [0.1, 0.15) is 17.5 Å². The second-order valence-corrected chi connectivity index (χ2v) is 6.03. The van der Waals surface area contributed by atoms with Gasteiger partial charge in [-0.3, -0.25) is 4.99 Å². The highest BCUT2D eigenvalue weighted by molar-refractivity contribution is 5.92. The molecule has 0 aliphatic carbocycles. The van der Waals surface area contributed by atoms with Crippen LogP contribution in [0.1, 0.15) is 6.42 Å². The average Bonchev–Trinajstić information content (AvgIpc) is 3.05. The molecule has 0 amide bonds. The van der Waals surface area contributed by atoms with Gasteiger partial charge >= 0.3 is 0 Å². The van der Waals surface area contributed by atoms with Gasteiger partial charge in [0, 0.05) is 25.7 Å². The van der Waals surface area contributed by atoms with Crippen LogP contribution in [0.5, 0.6) is 0 Å². The van der Waals surface area contributed by atoms with Crippen LogP contribution >= 0.6 is 0 Å². The maximum atomic E-state index is 13.8. The van der Waals surface area contributed by atoms with E-state index in [1.54, 1.807) is 18.2 Å². The number of hydrogen-bond acceptors (Lipinski definition) is 2. The number of rotatable bonds is 4. The van der Waals surface area contributed by atoms with E-state index in [-0.39, 0.29) is 23.4 Å². The predicted molar refractivity (Wildman–Crippen MR) is 93.2 cm³/mol. The van der Waals surface area contributed by atoms with Gasteiger partial charge in [-0.05, 0) is 36.6 Å². The van der Waals surface area contributed by atoms with Gasteiger partial charge in [-0.15, -0.1) is 0 Å². The summed E-state index contributed by atoms with van der Waals surface area (Å²) in [7, 11) is 0. The van der Waals surface area contributed by atoms with Crippen molar-refractivity contribution in [1.82, 2.24) is 0 Å². The zero-order valence-electron chi connectivity index (χ0n) is 13.6. The Kier molecular flexibility index (Phi) is 5.11. The van der Waals surface area contributed by atoms with Gasteiger partial charge in [-0.25, -0.2) is 13.2 Å². The number of aliphatic imine (C=N–C) groups is 1. The van der Waals surface area contributed by atoms with Crippen molar-refractivity contribution in [1.29, 1.82) is 0 Å². The summed E-state index contributed by atoms with van der Waals surface area (Å²) in [4.78, 5) is 6.17. The molecule has 0 saturated carbocycles. The fourth-order valence-corrected chi connectivity index (χ4v) is 2.91. The molecule has 1 aliphatic heterocycles. The molecule has 0 radical (unpaired) electrons. The lowest BCUT2D eigenvalue weighted by Crippen LogP contribution is -2.25. The van der Waals surface area contributed by atoms with E-state index in [9.17, 15) is 13.2 Å². The second kappa shape index (κ2) is 7.46. The van der Waals surface area contributed by atoms with Crippen molar-refractivity contribution < 1.29 is 13.2 Å². The minimum atomic E-state index is -0.605. The predicted octanol–water partition coefficient (Wildman–Crippen LogP) is 3.36. The van der Waals surface area contributed by atoms with E-state index < -0.39 is 11.6 Å². The molecule has 25 heavy (non-hydrogen) atoms. The monoisotopic (exact) mass is 348 g/mol. The Balaban J connectivity index is 1.57. The fourth-order valence-electron chi connectivity index (χ4n) is 2.91. The zero-order valence-corrected chi connectivity index (χ0v) is 13.6. The quantitative estimate of drug-likeness (QED) is 0.658. The molecule has 132 valence electrons. The molecule has 7 heteroatoms. The van der Waals surface area contributed by atoms with Gasteiger partial charge in [0.2, 0.25) is 0 Å². The van der Waals surface area contributed by atoms with Gasteiger partial charge in [0.05, 0.1) is 11.4 Å². The molecular formula is C18H19F3N4. The minimum absolute atomic E-state index is 0.0221. The highest BCUT2D eigenvalue weighted by Gasteiger charge is 2.24. The van der Waals surface area contributed by atoms with E-state index >= 15 is 0 Å². The van der Waals surface area contributed by atoms with Crippen LogP contribution in [0, 0.1) is 23.4 Å². The number of para-hydroxylation sites is 1. The van der Waals surface area contributed by atoms with Gasteiger partial charge in [0.25, 0.3) is 0 Å². The molecule has 1 heterocycles. The first-order chi connectivity index (χ1) is 12.0. The second-order valence-electron chi connectivity index (χ2n) is 6.03. The molecule has 1 fully saturated rings. The number of nitrogens with zero attached hydrogens (tertiary/aromatic N) is 2. The van der Waals surface area contributed by atoms with Crippen LogP contribution in [0.4, 0.5) is 24.5 Å². The number of halogens is 3. The first-order valence-corrected chi connectivity index (χ1v) is 8.04. The molecule has 0 bridgehead atoms. The molecule has 3 rings (SSSR count). The smallest absolute Gasteiger partial charge is 0.193 e. The summed E-state index contributed by atoms with van der Waals surface area (Å²) in [5, 5.41) is 2.57. The first-order valence-electron chi connectivity index (χ1n) is 8.04. The molecule has 1 unspecified atom stereocenters. The summed E-state index contributed by atoms with van der Waals surface area (Å²) in [5.41, 5.74) is 6.28. The van der Waals surface area contributed by atoms with Crippen molar-refractivity contribution in [3.8, 4) is 0 Å². The van der Waals surface area contributed by atoms with Gasteiger partial charge in [-0.1, -0.05) is 12.1 Å². The molecule has 0 spiro atoms. The van der Waals surface area contributed by atoms with Crippen LogP contribution in [0.15, 0.2) is 47.5 Å². The van der Waals surface area contributed by atoms with Gasteiger partial charge < -0.3 is 16.0 Å². The van der Waals surface area contributed by atoms with E-state index in [4.69, 9.17) is 5.73 Å². The van der Waals surface area contributed by atoms with E-state index in [2.05, 4.69) is 10.3 Å². The van der Waals surface area contributed by atoms with Crippen molar-refractivity contribution in [2.24, 2.45) is 16.6 Å². The zero-order chi connectivity index (χ0) is 17.8. The number of benzene rings is 2. The number of nitrogens with one attached hydrogen (secondary N) is 1. The number of nitrogens with two attached hydrogens (primary N) is 1. The van der Waals surface area contributed by atoms with Crippen molar-refractivity contribution >= 4 is 17.3 Å². The Labute approximate surface area is 144 Å². The maximum Gasteiger partial charge on any atom is 0.193 e. The molecule has 4 nitrogen and oxygen atoms in total. The molecule has 0 aromatic heterocycles. The van der Waals surface area contributed by atoms with Crippen LogP contribution in [-0.2, 0) is 0 Å². The Morgan fingerprint density at radius 1 is 1.16 bits per heavy atom. The highest BCUT2D eigenvalue weighted by atomic mass is 19.1. The van der Waals surface area contributed by atoms with E-state index in [1.165, 1.54) is 6.07 Å². The summed E-state index contributed by atoms with van der Waals surface area (Å²) in [6.45, 7) is 1.85. The van der Waals surface area contributed by atoms with Crippen molar-refractivity contribution in [2.45, 2.75) is 6.42 Å². The topological polar surface area (TPSA) is 53.6 Å². The Morgan fingerprint density at radius 2 is 1.96 bits per heavy atom. The standard InChI is InChI=1S/C18H19F3N4/c19-13-5-6-14(20)16(9-13)24-18(22)23-10-12-7-8-25(11-12)17-4-2-1-3-15(17)21/h1-6,9,12H,7-8,10-11H2,(H3,22,23,24). The normalized spacial score (nSPS) is 17.8. The SMILES string of the molecule is NC(=NCC1CCN(c2ccccc2F)C1)Nc1cc(F)ccc1F. The number of anilines is 2. The molecule has 1 atom stereocenters. The van der Waals surface area contributed by atoms with E-state index in [0.29, 0.717) is 18.8 Å². The lowest BCUT2D eigenvalue weighted by atomic mass is 10.1. The molecule has 1 aliphatic rings. The lowest BCUT2D eigenvalue weighted by molar-refractivity contribution is 0.597. The van der Waals surface area contributed by atoms with Crippen molar-refractivity contribution in [3.05, 3.63) is 59.9 Å². The van der Waals surface area contributed by atoms with Gasteiger partial charge in [-0.2, -0.15) is 0 Å². The lowest BCUT2D eigenvalue weighted by Gasteiger charge is -2.19. The first kappa shape index (κ1) is 17.1. The summed E-state index contributed by atoms with van der Waals surface area (Å²) >= 11 is 0. The minimum Gasteiger partial charge on any atom is -0.370 e. The molecule has 3 N–H and O–H groups in total. The summed E-state index contributed by atoms with van der Waals surface area (Å²) in [5.74, 6) is -1.17. The molecular weight excluding hydrogens is 329 g/mol. The third-order valence-corrected chi connectivity index (χ3v) is 4.19. The fraction of sp³-hybridized carbons (Fsp3) is 0.278. The van der Waals surface area contributed by atoms with E-state index in [0.717, 1.165) is 31.2 Å². The van der Waals surface area contributed by atoms with Crippen LogP contribution < -0.4 is 16.0 Å². The average molecular weight is 348 g/mol. The summed E-state index contributed by atoms with van der Waals surface area (Å²) < 4.78 is 40.5. The van der Waals surface area contributed by atoms with Gasteiger partial charge in [0.15, 0.2) is 5.96 Å². The Hall–Kier alpha value is -2.70. The highest BCUT2D eigenvalue weighted by Crippen LogP contribution is 2.26. The van der Waals surface area contributed by atoms with Crippen LogP contribution in [-0.4, -0.2) is 25.6 Å². The largest absolute Gasteiger partial charge is 0.370 e. The van der Waals surface area contributed by atoms with Crippen LogP contribution in [0.25, 0.3) is 0 Å². The number of hydrogen-bond donors (Lipinski definition) is 2. The summed E-state index contributed by atoms with van der Waals surface area (Å²) in [6, 6.07) is 9.74. The van der Waals surface area contributed by atoms with E-state index in [1.807, 2.05) is 4.90 Å². The van der Waals surface area contributed by atoms with Crippen molar-refractivity contribution in [2.75, 3.05) is 29.9 Å².